The first-order chi connectivity index (χ1) is 15.5. The van der Waals surface area contributed by atoms with Crippen molar-refractivity contribution in [2.24, 2.45) is 5.92 Å². The van der Waals surface area contributed by atoms with E-state index in [4.69, 9.17) is 0 Å². The molecule has 0 bridgehead atoms. The highest BCUT2D eigenvalue weighted by Crippen LogP contribution is 2.31. The Morgan fingerprint density at radius 2 is 1.56 bits per heavy atom. The molecule has 1 fully saturated rings. The Bertz CT molecular complexity index is 1090. The molecule has 4 nitrogen and oxygen atoms in total. The summed E-state index contributed by atoms with van der Waals surface area (Å²) >= 11 is 0. The maximum atomic E-state index is 13.9. The Hall–Kier alpha value is -3.54. The third-order valence-electron chi connectivity index (χ3n) is 5.88. The van der Waals surface area contributed by atoms with Gasteiger partial charge >= 0.3 is 0 Å². The summed E-state index contributed by atoms with van der Waals surface area (Å²) in [7, 11) is 0. The van der Waals surface area contributed by atoms with Crippen LogP contribution in [0.5, 0.6) is 0 Å². The van der Waals surface area contributed by atoms with Gasteiger partial charge in [-0.2, -0.15) is 0 Å². The van der Waals surface area contributed by atoms with Crippen LogP contribution in [-0.2, 0) is 11.3 Å². The van der Waals surface area contributed by atoms with Gasteiger partial charge in [-0.25, -0.2) is 8.78 Å². The molecular weight excluding hydrogens is 410 g/mol. The highest BCUT2D eigenvalue weighted by Gasteiger charge is 2.34. The Kier molecular flexibility index (Phi) is 6.59. The zero-order valence-electron chi connectivity index (χ0n) is 17.5. The highest BCUT2D eigenvalue weighted by atomic mass is 19.1. The van der Waals surface area contributed by atoms with E-state index in [2.05, 4.69) is 5.32 Å². The number of hydrogen-bond acceptors (Lipinski definition) is 2. The van der Waals surface area contributed by atoms with Crippen LogP contribution in [0.2, 0.25) is 0 Å². The molecule has 3 aromatic rings. The smallest absolute Gasteiger partial charge is 0.253 e. The predicted octanol–water partition coefficient (Wildman–Crippen LogP) is 4.53. The molecule has 1 saturated heterocycles. The largest absolute Gasteiger partial charge is 0.352 e. The molecule has 0 spiro atoms. The topological polar surface area (TPSA) is 49.4 Å². The molecule has 1 aliphatic rings. The molecule has 3 aromatic carbocycles. The summed E-state index contributed by atoms with van der Waals surface area (Å²) in [6.07, 6.45) is 0.584. The maximum Gasteiger partial charge on any atom is 0.253 e. The van der Waals surface area contributed by atoms with Gasteiger partial charge in [-0.3, -0.25) is 9.59 Å². The van der Waals surface area contributed by atoms with E-state index in [1.165, 1.54) is 30.3 Å². The lowest BCUT2D eigenvalue weighted by atomic mass is 9.83. The number of hydrogen-bond donors (Lipinski definition) is 1. The van der Waals surface area contributed by atoms with Crippen molar-refractivity contribution >= 4 is 11.8 Å². The zero-order valence-corrected chi connectivity index (χ0v) is 17.5. The van der Waals surface area contributed by atoms with Gasteiger partial charge in [-0.05, 0) is 42.3 Å². The number of rotatable bonds is 5. The number of carbonyl (C=O) groups is 2. The number of carbonyl (C=O) groups excluding carboxylic acids is 2. The number of halogens is 2. The molecule has 32 heavy (non-hydrogen) atoms. The summed E-state index contributed by atoms with van der Waals surface area (Å²) in [5.74, 6) is -1.69. The van der Waals surface area contributed by atoms with E-state index in [9.17, 15) is 18.4 Å². The third kappa shape index (κ3) is 5.02. The molecule has 0 saturated carbocycles. The van der Waals surface area contributed by atoms with Crippen molar-refractivity contribution in [3.05, 3.63) is 107 Å². The molecule has 0 aliphatic carbocycles. The van der Waals surface area contributed by atoms with E-state index in [-0.39, 0.29) is 36.6 Å². The van der Waals surface area contributed by atoms with E-state index in [1.807, 2.05) is 30.3 Å². The molecule has 1 heterocycles. The molecule has 2 amide bonds. The predicted molar refractivity (Wildman–Crippen MR) is 118 cm³/mol. The zero-order chi connectivity index (χ0) is 22.5. The fraction of sp³-hybridized carbons (Fsp3) is 0.231. The SMILES string of the molecule is O=C(NCc1ccccc1F)C1CC(c2ccccc2)CN(C(=O)c2ccc(F)cc2)C1. The van der Waals surface area contributed by atoms with Gasteiger partial charge in [0.25, 0.3) is 5.91 Å². The number of piperidine rings is 1. The quantitative estimate of drug-likeness (QED) is 0.642. The fourth-order valence-corrected chi connectivity index (χ4v) is 4.17. The molecule has 0 aromatic heterocycles. The van der Waals surface area contributed by atoms with Gasteiger partial charge in [0, 0.05) is 36.7 Å². The van der Waals surface area contributed by atoms with E-state index in [0.717, 1.165) is 5.56 Å². The fourth-order valence-electron chi connectivity index (χ4n) is 4.17. The van der Waals surface area contributed by atoms with Gasteiger partial charge in [0.05, 0.1) is 5.92 Å². The van der Waals surface area contributed by atoms with Crippen LogP contribution in [0, 0.1) is 17.6 Å². The lowest BCUT2D eigenvalue weighted by molar-refractivity contribution is -0.126. The van der Waals surface area contributed by atoms with Crippen molar-refractivity contribution in [3.63, 3.8) is 0 Å². The first kappa shape index (κ1) is 21.7. The van der Waals surface area contributed by atoms with Crippen LogP contribution in [0.15, 0.2) is 78.9 Å². The number of nitrogens with zero attached hydrogens (tertiary/aromatic N) is 1. The van der Waals surface area contributed by atoms with Crippen LogP contribution in [-0.4, -0.2) is 29.8 Å². The summed E-state index contributed by atoms with van der Waals surface area (Å²) in [4.78, 5) is 27.7. The Morgan fingerprint density at radius 3 is 2.28 bits per heavy atom. The number of likely N-dealkylation sites (tertiary alicyclic amines) is 1. The second kappa shape index (κ2) is 9.73. The molecule has 2 unspecified atom stereocenters. The minimum Gasteiger partial charge on any atom is -0.352 e. The molecule has 1 N–H and O–H groups in total. The lowest BCUT2D eigenvalue weighted by Gasteiger charge is -2.37. The van der Waals surface area contributed by atoms with E-state index < -0.39 is 11.7 Å². The van der Waals surface area contributed by atoms with Crippen LogP contribution in [0.1, 0.15) is 33.8 Å². The first-order valence-electron chi connectivity index (χ1n) is 10.6. The van der Waals surface area contributed by atoms with Crippen molar-refractivity contribution in [1.82, 2.24) is 10.2 Å². The normalized spacial score (nSPS) is 18.2. The Balaban J connectivity index is 1.52. The van der Waals surface area contributed by atoms with Crippen LogP contribution >= 0.6 is 0 Å². The van der Waals surface area contributed by atoms with Crippen molar-refractivity contribution in [1.29, 1.82) is 0 Å². The molecule has 2 atom stereocenters. The van der Waals surface area contributed by atoms with E-state index in [1.54, 1.807) is 23.1 Å². The van der Waals surface area contributed by atoms with E-state index in [0.29, 0.717) is 24.1 Å². The van der Waals surface area contributed by atoms with Crippen LogP contribution in [0.25, 0.3) is 0 Å². The minimum atomic E-state index is -0.440. The Morgan fingerprint density at radius 1 is 0.875 bits per heavy atom. The second-order valence-electron chi connectivity index (χ2n) is 8.07. The monoisotopic (exact) mass is 434 g/mol. The average Bonchev–Trinajstić information content (AvgIpc) is 2.83. The maximum absolute atomic E-state index is 13.9. The van der Waals surface area contributed by atoms with Crippen LogP contribution in [0.4, 0.5) is 8.78 Å². The van der Waals surface area contributed by atoms with Crippen molar-refractivity contribution in [2.45, 2.75) is 18.9 Å². The second-order valence-corrected chi connectivity index (χ2v) is 8.07. The van der Waals surface area contributed by atoms with E-state index >= 15 is 0 Å². The minimum absolute atomic E-state index is 0.0152. The van der Waals surface area contributed by atoms with Gasteiger partial charge in [-0.1, -0.05) is 48.5 Å². The molecule has 1 aliphatic heterocycles. The summed E-state index contributed by atoms with van der Waals surface area (Å²) in [6, 6.07) is 21.5. The van der Waals surface area contributed by atoms with Crippen molar-refractivity contribution in [3.8, 4) is 0 Å². The van der Waals surface area contributed by atoms with Crippen molar-refractivity contribution < 1.29 is 18.4 Å². The standard InChI is InChI=1S/C26H24F2N2O2/c27-23-12-10-19(11-13-23)26(32)30-16-21(18-6-2-1-3-7-18)14-22(17-30)25(31)29-15-20-8-4-5-9-24(20)28/h1-13,21-22H,14-17H2,(H,29,31). The van der Waals surface area contributed by atoms with Crippen molar-refractivity contribution in [2.75, 3.05) is 13.1 Å². The van der Waals surface area contributed by atoms with Gasteiger partial charge in [0.1, 0.15) is 11.6 Å². The first-order valence-corrected chi connectivity index (χ1v) is 10.6. The molecule has 4 rings (SSSR count). The molecular formula is C26H24F2N2O2. The van der Waals surface area contributed by atoms with Crippen LogP contribution in [0.3, 0.4) is 0 Å². The van der Waals surface area contributed by atoms with Crippen LogP contribution < -0.4 is 5.32 Å². The van der Waals surface area contributed by atoms with Gasteiger partial charge in [0.2, 0.25) is 5.91 Å². The molecule has 164 valence electrons. The molecule has 0 radical (unpaired) electrons. The van der Waals surface area contributed by atoms with Gasteiger partial charge in [0.15, 0.2) is 0 Å². The molecule has 6 heteroatoms. The highest BCUT2D eigenvalue weighted by molar-refractivity contribution is 5.94. The number of amides is 2. The third-order valence-corrected chi connectivity index (χ3v) is 5.88. The lowest BCUT2D eigenvalue weighted by Crippen LogP contribution is -2.48. The number of nitrogens with one attached hydrogen (secondary N) is 1. The summed E-state index contributed by atoms with van der Waals surface area (Å²) in [5.41, 5.74) is 1.84. The average molecular weight is 434 g/mol. The van der Waals surface area contributed by atoms with Gasteiger partial charge in [-0.15, -0.1) is 0 Å². The summed E-state index contributed by atoms with van der Waals surface area (Å²) < 4.78 is 27.2. The number of benzene rings is 3. The summed E-state index contributed by atoms with van der Waals surface area (Å²) in [6.45, 7) is 0.809. The summed E-state index contributed by atoms with van der Waals surface area (Å²) in [5, 5.41) is 2.82. The Labute approximate surface area is 185 Å². The van der Waals surface area contributed by atoms with Gasteiger partial charge < -0.3 is 10.2 Å².